The topological polar surface area (TPSA) is 126 Å². The zero-order chi connectivity index (χ0) is 26.9. The number of likely N-dealkylation sites (N-methyl/N-ethyl adjacent to an activating group) is 1. The third-order valence-electron chi connectivity index (χ3n) is 6.66. The number of likely N-dealkylation sites (tertiary alicyclic amines) is 1. The van der Waals surface area contributed by atoms with Crippen molar-refractivity contribution in [1.29, 1.82) is 0 Å². The van der Waals surface area contributed by atoms with Crippen LogP contribution in [0.3, 0.4) is 0 Å². The van der Waals surface area contributed by atoms with Crippen LogP contribution in [-0.4, -0.2) is 50.6 Å². The van der Waals surface area contributed by atoms with Crippen molar-refractivity contribution < 1.29 is 18.8 Å². The summed E-state index contributed by atoms with van der Waals surface area (Å²) in [5.41, 5.74) is 7.58. The Hall–Kier alpha value is -4.28. The van der Waals surface area contributed by atoms with Crippen LogP contribution in [0.5, 0.6) is 0 Å². The molecule has 0 spiro atoms. The number of rotatable bonds is 7. The number of halogens is 1. The quantitative estimate of drug-likeness (QED) is 0.474. The smallest absolute Gasteiger partial charge is 0.325 e. The molecule has 10 nitrogen and oxygen atoms in total. The molecule has 3 heterocycles. The molecule has 3 aromatic rings. The molecule has 0 radical (unpaired) electrons. The number of hydrogen-bond acceptors (Lipinski definition) is 6. The van der Waals surface area contributed by atoms with Gasteiger partial charge >= 0.3 is 6.03 Å². The van der Waals surface area contributed by atoms with Crippen molar-refractivity contribution >= 4 is 29.5 Å². The lowest BCUT2D eigenvalue weighted by molar-refractivity contribution is -0.156. The number of nitrogen functional groups attached to an aromatic ring is 1. The predicted octanol–water partition coefficient (Wildman–Crippen LogP) is 2.74. The molecule has 1 aliphatic rings. The van der Waals surface area contributed by atoms with E-state index in [2.05, 4.69) is 15.4 Å². The van der Waals surface area contributed by atoms with Crippen molar-refractivity contribution in [2.24, 2.45) is 13.0 Å². The molecule has 2 aromatic heterocycles. The van der Waals surface area contributed by atoms with Gasteiger partial charge in [0, 0.05) is 32.6 Å². The van der Waals surface area contributed by atoms with E-state index < -0.39 is 35.8 Å². The number of nitrogens with two attached hydrogens (primary N) is 1. The maximum atomic E-state index is 14.2. The second-order valence-corrected chi connectivity index (χ2v) is 9.22. The van der Waals surface area contributed by atoms with Crippen molar-refractivity contribution in [1.82, 2.24) is 25.0 Å². The standard InChI is InChI=1S/C26H30FN7O3/c1-5-20(17-7-6-15(2)19(27)14-17)30-26(37)34-23(25(36)33(4)22-9-11-32(3)31-22)18(24(34)35)12-16-8-10-29-21(28)13-16/h6-11,13-14,18,20,23H,5,12H2,1-4H3,(H2,28,29)(H,30,37)/t18-,20?,23+/m1/s1. The summed E-state index contributed by atoms with van der Waals surface area (Å²) >= 11 is 0. The first kappa shape index (κ1) is 25.8. The first-order valence-corrected chi connectivity index (χ1v) is 12.0. The summed E-state index contributed by atoms with van der Waals surface area (Å²) in [6, 6.07) is 7.46. The van der Waals surface area contributed by atoms with Gasteiger partial charge in [0.2, 0.25) is 5.91 Å². The van der Waals surface area contributed by atoms with Gasteiger partial charge in [-0.15, -0.1) is 0 Å². The van der Waals surface area contributed by atoms with Crippen LogP contribution in [0.1, 0.15) is 36.1 Å². The molecule has 1 aromatic carbocycles. The number of hydrogen-bond donors (Lipinski definition) is 2. The fourth-order valence-electron chi connectivity index (χ4n) is 4.49. The number of imide groups is 1. The summed E-state index contributed by atoms with van der Waals surface area (Å²) in [6.45, 7) is 3.50. The minimum atomic E-state index is -1.05. The normalized spacial score (nSPS) is 17.8. The average molecular weight is 508 g/mol. The molecular weight excluding hydrogens is 477 g/mol. The number of nitrogens with zero attached hydrogens (tertiary/aromatic N) is 5. The summed E-state index contributed by atoms with van der Waals surface area (Å²) in [7, 11) is 3.28. The molecule has 1 saturated heterocycles. The monoisotopic (exact) mass is 507 g/mol. The van der Waals surface area contributed by atoms with Crippen molar-refractivity contribution in [3.05, 3.63) is 71.3 Å². The van der Waals surface area contributed by atoms with Gasteiger partial charge in [0.1, 0.15) is 17.7 Å². The lowest BCUT2D eigenvalue weighted by atomic mass is 9.81. The van der Waals surface area contributed by atoms with Crippen LogP contribution in [0.2, 0.25) is 0 Å². The number of carbonyl (C=O) groups excluding carboxylic acids is 3. The van der Waals surface area contributed by atoms with Crippen LogP contribution >= 0.6 is 0 Å². The Balaban J connectivity index is 1.60. The van der Waals surface area contributed by atoms with E-state index in [0.29, 0.717) is 29.2 Å². The van der Waals surface area contributed by atoms with Gasteiger partial charge in [0.15, 0.2) is 5.82 Å². The minimum Gasteiger partial charge on any atom is -0.384 e. The molecular formula is C26H30FN7O3. The number of benzene rings is 1. The first-order valence-electron chi connectivity index (χ1n) is 12.0. The van der Waals surface area contributed by atoms with Gasteiger partial charge in [-0.25, -0.2) is 14.2 Å². The van der Waals surface area contributed by atoms with Crippen LogP contribution in [0.25, 0.3) is 0 Å². The van der Waals surface area contributed by atoms with Gasteiger partial charge < -0.3 is 11.1 Å². The van der Waals surface area contributed by atoms with Crippen LogP contribution in [0.4, 0.5) is 20.8 Å². The molecule has 3 N–H and O–H groups in total. The molecule has 37 heavy (non-hydrogen) atoms. The maximum absolute atomic E-state index is 14.2. The average Bonchev–Trinajstić information content (AvgIpc) is 3.31. The second-order valence-electron chi connectivity index (χ2n) is 9.22. The minimum absolute atomic E-state index is 0.210. The molecule has 3 atom stereocenters. The maximum Gasteiger partial charge on any atom is 0.325 e. The zero-order valence-electron chi connectivity index (χ0n) is 21.2. The van der Waals surface area contributed by atoms with Gasteiger partial charge in [-0.3, -0.25) is 24.1 Å². The Kier molecular flexibility index (Phi) is 7.23. The highest BCUT2D eigenvalue weighted by molar-refractivity contribution is 6.12. The van der Waals surface area contributed by atoms with Gasteiger partial charge in [0.25, 0.3) is 5.91 Å². The number of pyridine rings is 1. The van der Waals surface area contributed by atoms with E-state index in [4.69, 9.17) is 5.73 Å². The Labute approximate surface area is 214 Å². The molecule has 1 fully saturated rings. The zero-order valence-corrected chi connectivity index (χ0v) is 21.2. The lowest BCUT2D eigenvalue weighted by Crippen LogP contribution is -2.70. The summed E-state index contributed by atoms with van der Waals surface area (Å²) in [6.07, 6.45) is 3.89. The lowest BCUT2D eigenvalue weighted by Gasteiger charge is -2.45. The summed E-state index contributed by atoms with van der Waals surface area (Å²) < 4.78 is 15.7. The highest BCUT2D eigenvalue weighted by Crippen LogP contribution is 2.33. The van der Waals surface area contributed by atoms with E-state index in [1.807, 2.05) is 6.92 Å². The van der Waals surface area contributed by atoms with Crippen molar-refractivity contribution in [2.45, 2.75) is 38.8 Å². The molecule has 0 aliphatic carbocycles. The van der Waals surface area contributed by atoms with Crippen molar-refractivity contribution in [3.63, 3.8) is 0 Å². The van der Waals surface area contributed by atoms with Crippen molar-refractivity contribution in [3.8, 4) is 0 Å². The number of aromatic nitrogens is 3. The number of urea groups is 1. The number of anilines is 2. The molecule has 4 rings (SSSR count). The van der Waals surface area contributed by atoms with E-state index in [1.54, 1.807) is 62.2 Å². The van der Waals surface area contributed by atoms with E-state index in [1.165, 1.54) is 17.2 Å². The van der Waals surface area contributed by atoms with Crippen LogP contribution in [-0.2, 0) is 23.1 Å². The number of nitrogens with one attached hydrogen (secondary N) is 1. The van der Waals surface area contributed by atoms with E-state index in [-0.39, 0.29) is 12.2 Å². The largest absolute Gasteiger partial charge is 0.384 e. The number of β-lactam (4-membered cyclic amide) rings is 1. The molecule has 4 amide bonds. The van der Waals surface area contributed by atoms with E-state index >= 15 is 0 Å². The van der Waals surface area contributed by atoms with Crippen LogP contribution in [0, 0.1) is 18.7 Å². The van der Waals surface area contributed by atoms with Gasteiger partial charge in [-0.05, 0) is 54.7 Å². The van der Waals surface area contributed by atoms with Gasteiger partial charge in [-0.1, -0.05) is 19.1 Å². The van der Waals surface area contributed by atoms with Crippen molar-refractivity contribution in [2.75, 3.05) is 17.7 Å². The second kappa shape index (κ2) is 10.4. The Morgan fingerprint density at radius 3 is 2.62 bits per heavy atom. The SMILES string of the molecule is CCC(NC(=O)N1C(=O)[C@H](Cc2ccnc(N)c2)[C@H]1C(=O)N(C)c1ccn(C)n1)c1ccc(C)c(F)c1. The molecule has 11 heteroatoms. The highest BCUT2D eigenvalue weighted by atomic mass is 19.1. The summed E-state index contributed by atoms with van der Waals surface area (Å²) in [5, 5.41) is 7.06. The number of carbonyl (C=O) groups is 3. The molecule has 194 valence electrons. The highest BCUT2D eigenvalue weighted by Gasteiger charge is 2.55. The predicted molar refractivity (Wildman–Crippen MR) is 136 cm³/mol. The third-order valence-corrected chi connectivity index (χ3v) is 6.66. The van der Waals surface area contributed by atoms with Crippen LogP contribution < -0.4 is 16.0 Å². The van der Waals surface area contributed by atoms with E-state index in [0.717, 1.165) is 10.5 Å². The number of aryl methyl sites for hydroxylation is 2. The molecule has 1 aliphatic heterocycles. The Bertz CT molecular complexity index is 1340. The fraction of sp³-hybridized carbons (Fsp3) is 0.346. The Morgan fingerprint density at radius 1 is 1.24 bits per heavy atom. The summed E-state index contributed by atoms with van der Waals surface area (Å²) in [4.78, 5) is 46.4. The number of amides is 4. The Morgan fingerprint density at radius 2 is 2.00 bits per heavy atom. The first-order chi connectivity index (χ1) is 17.6. The molecule has 1 unspecified atom stereocenters. The van der Waals surface area contributed by atoms with Gasteiger partial charge in [0.05, 0.1) is 12.0 Å². The summed E-state index contributed by atoms with van der Waals surface area (Å²) in [5.74, 6) is -1.40. The van der Waals surface area contributed by atoms with Crippen LogP contribution in [0.15, 0.2) is 48.8 Å². The molecule has 0 saturated carbocycles. The van der Waals surface area contributed by atoms with E-state index in [9.17, 15) is 18.8 Å². The fourth-order valence-corrected chi connectivity index (χ4v) is 4.49. The molecule has 0 bridgehead atoms. The van der Waals surface area contributed by atoms with Gasteiger partial charge in [-0.2, -0.15) is 5.10 Å². The third kappa shape index (κ3) is 5.16.